The Balaban J connectivity index is 1.63. The molecule has 3 atom stereocenters. The molecule has 2 amide bonds. The number of benzene rings is 2. The van der Waals surface area contributed by atoms with Gasteiger partial charge in [0.15, 0.2) is 0 Å². The molecule has 35 heavy (non-hydrogen) atoms. The van der Waals surface area contributed by atoms with Crippen LogP contribution in [0.3, 0.4) is 0 Å². The summed E-state index contributed by atoms with van der Waals surface area (Å²) >= 11 is 0. The fourth-order valence-corrected chi connectivity index (χ4v) is 4.41. The summed E-state index contributed by atoms with van der Waals surface area (Å²) in [5.41, 5.74) is 4.45. The molecule has 1 aliphatic carbocycles. The van der Waals surface area contributed by atoms with Gasteiger partial charge in [0.2, 0.25) is 5.91 Å². The van der Waals surface area contributed by atoms with Crippen molar-refractivity contribution in [2.45, 2.75) is 45.3 Å². The first kappa shape index (κ1) is 26.2. The summed E-state index contributed by atoms with van der Waals surface area (Å²) in [6, 6.07) is 15.1. The zero-order chi connectivity index (χ0) is 25.5. The summed E-state index contributed by atoms with van der Waals surface area (Å²) in [6.07, 6.45) is -1.39. The number of alkyl carbamates (subject to hydrolysis) is 1. The number of aliphatic carboxylic acids is 1. The minimum Gasteiger partial charge on any atom is -0.481 e. The first-order valence-electron chi connectivity index (χ1n) is 11.9. The highest BCUT2D eigenvalue weighted by atomic mass is 16.5. The predicted molar refractivity (Wildman–Crippen MR) is 132 cm³/mol. The van der Waals surface area contributed by atoms with E-state index in [-0.39, 0.29) is 37.3 Å². The zero-order valence-corrected chi connectivity index (χ0v) is 20.6. The third-order valence-corrected chi connectivity index (χ3v) is 6.66. The summed E-state index contributed by atoms with van der Waals surface area (Å²) in [5, 5.41) is 14.5. The number of hydrogen-bond donors (Lipinski definition) is 3. The van der Waals surface area contributed by atoms with E-state index in [0.29, 0.717) is 0 Å². The SMILES string of the molecule is COC(C)C(NC(=O)OCC1c2ccccc2-c2ccccc21)C(=O)NCC(CC(=O)O)C(C)C. The third-order valence-electron chi connectivity index (χ3n) is 6.66. The molecule has 0 saturated carbocycles. The fraction of sp³-hybridized carbons (Fsp3) is 0.444. The molecule has 3 N–H and O–H groups in total. The lowest BCUT2D eigenvalue weighted by molar-refractivity contribution is -0.138. The molecule has 0 radical (unpaired) electrons. The number of rotatable bonds is 11. The molecular formula is C27H34N2O6. The van der Waals surface area contributed by atoms with Crippen molar-refractivity contribution < 1.29 is 29.0 Å². The van der Waals surface area contributed by atoms with E-state index in [0.717, 1.165) is 22.3 Å². The van der Waals surface area contributed by atoms with Gasteiger partial charge in [0.25, 0.3) is 0 Å². The number of nitrogens with one attached hydrogen (secondary N) is 2. The second-order valence-electron chi connectivity index (χ2n) is 9.24. The molecule has 0 saturated heterocycles. The van der Waals surface area contributed by atoms with Gasteiger partial charge in [-0.05, 0) is 41.0 Å². The van der Waals surface area contributed by atoms with Crippen LogP contribution in [0.4, 0.5) is 4.79 Å². The smallest absolute Gasteiger partial charge is 0.407 e. The van der Waals surface area contributed by atoms with Crippen molar-refractivity contribution >= 4 is 18.0 Å². The molecule has 1 aliphatic rings. The molecule has 0 heterocycles. The Bertz CT molecular complexity index is 1010. The lowest BCUT2D eigenvalue weighted by Gasteiger charge is -2.25. The lowest BCUT2D eigenvalue weighted by atomic mass is 9.92. The minimum atomic E-state index is -0.992. The number of carbonyl (C=O) groups is 3. The van der Waals surface area contributed by atoms with E-state index in [1.165, 1.54) is 7.11 Å². The van der Waals surface area contributed by atoms with Crippen molar-refractivity contribution in [3.8, 4) is 11.1 Å². The van der Waals surface area contributed by atoms with Crippen LogP contribution in [0.2, 0.25) is 0 Å². The van der Waals surface area contributed by atoms with Gasteiger partial charge < -0.3 is 25.2 Å². The van der Waals surface area contributed by atoms with E-state index in [4.69, 9.17) is 14.6 Å². The Kier molecular flexibility index (Phi) is 8.87. The Morgan fingerprint density at radius 2 is 1.54 bits per heavy atom. The van der Waals surface area contributed by atoms with Crippen LogP contribution in [-0.2, 0) is 19.1 Å². The molecule has 8 nitrogen and oxygen atoms in total. The molecule has 3 rings (SSSR count). The van der Waals surface area contributed by atoms with Gasteiger partial charge in [-0.25, -0.2) is 4.79 Å². The van der Waals surface area contributed by atoms with Gasteiger partial charge in [-0.1, -0.05) is 62.4 Å². The molecule has 0 aliphatic heterocycles. The van der Waals surface area contributed by atoms with Gasteiger partial charge in [0, 0.05) is 19.6 Å². The first-order valence-corrected chi connectivity index (χ1v) is 11.9. The standard InChI is InChI=1S/C27H34N2O6/c1-16(2)18(13-24(30)31)14-28-26(32)25(17(3)34-4)29-27(33)35-15-23-21-11-7-5-9-19(21)20-10-6-8-12-22(20)23/h5-12,16-18,23,25H,13-15H2,1-4H3,(H,28,32)(H,29,33)(H,30,31). The van der Waals surface area contributed by atoms with E-state index in [1.54, 1.807) is 6.92 Å². The van der Waals surface area contributed by atoms with Crippen molar-refractivity contribution in [3.05, 3.63) is 59.7 Å². The number of methoxy groups -OCH3 is 1. The van der Waals surface area contributed by atoms with Gasteiger partial charge in [0.05, 0.1) is 12.5 Å². The van der Waals surface area contributed by atoms with E-state index in [2.05, 4.69) is 22.8 Å². The Morgan fingerprint density at radius 3 is 2.06 bits per heavy atom. The normalized spacial score (nSPS) is 15.0. The average Bonchev–Trinajstić information content (AvgIpc) is 3.16. The maximum atomic E-state index is 12.9. The average molecular weight is 483 g/mol. The van der Waals surface area contributed by atoms with Crippen LogP contribution in [0.1, 0.15) is 44.2 Å². The van der Waals surface area contributed by atoms with Crippen molar-refractivity contribution in [1.82, 2.24) is 10.6 Å². The highest BCUT2D eigenvalue weighted by molar-refractivity contribution is 5.86. The van der Waals surface area contributed by atoms with Crippen LogP contribution in [0.5, 0.6) is 0 Å². The third kappa shape index (κ3) is 6.39. The monoisotopic (exact) mass is 482 g/mol. The second kappa shape index (κ2) is 11.8. The number of carboxylic acid groups (broad SMARTS) is 1. The molecule has 8 heteroatoms. The van der Waals surface area contributed by atoms with Crippen molar-refractivity contribution in [2.75, 3.05) is 20.3 Å². The van der Waals surface area contributed by atoms with E-state index < -0.39 is 30.1 Å². The van der Waals surface area contributed by atoms with Crippen LogP contribution in [0, 0.1) is 11.8 Å². The lowest BCUT2D eigenvalue weighted by Crippen LogP contribution is -2.54. The summed E-state index contributed by atoms with van der Waals surface area (Å²) in [6.45, 7) is 5.80. The molecule has 0 bridgehead atoms. The molecular weight excluding hydrogens is 448 g/mol. The van der Waals surface area contributed by atoms with Crippen molar-refractivity contribution in [1.29, 1.82) is 0 Å². The van der Waals surface area contributed by atoms with Crippen LogP contribution in [-0.4, -0.2) is 55.5 Å². The molecule has 0 fully saturated rings. The summed E-state index contributed by atoms with van der Waals surface area (Å²) in [4.78, 5) is 36.7. The van der Waals surface area contributed by atoms with Gasteiger partial charge in [-0.2, -0.15) is 0 Å². The summed E-state index contributed by atoms with van der Waals surface area (Å²) < 4.78 is 10.9. The number of carboxylic acids is 1. The van der Waals surface area contributed by atoms with E-state index >= 15 is 0 Å². The minimum absolute atomic E-state index is 0.0533. The number of hydrogen-bond acceptors (Lipinski definition) is 5. The van der Waals surface area contributed by atoms with Gasteiger partial charge in [-0.15, -0.1) is 0 Å². The first-order chi connectivity index (χ1) is 16.7. The topological polar surface area (TPSA) is 114 Å². The maximum absolute atomic E-state index is 12.9. The maximum Gasteiger partial charge on any atom is 0.407 e. The van der Waals surface area contributed by atoms with Crippen molar-refractivity contribution in [3.63, 3.8) is 0 Å². The van der Waals surface area contributed by atoms with Crippen molar-refractivity contribution in [2.24, 2.45) is 11.8 Å². The number of ether oxygens (including phenoxy) is 2. The van der Waals surface area contributed by atoms with Crippen LogP contribution < -0.4 is 10.6 Å². The number of carbonyl (C=O) groups excluding carboxylic acids is 2. The highest BCUT2D eigenvalue weighted by Crippen LogP contribution is 2.44. The second-order valence-corrected chi connectivity index (χ2v) is 9.24. The summed E-state index contributed by atoms with van der Waals surface area (Å²) in [5.74, 6) is -1.63. The fourth-order valence-electron chi connectivity index (χ4n) is 4.41. The van der Waals surface area contributed by atoms with Gasteiger partial charge >= 0.3 is 12.1 Å². The number of amides is 2. The summed E-state index contributed by atoms with van der Waals surface area (Å²) in [7, 11) is 1.45. The van der Waals surface area contributed by atoms with Crippen LogP contribution >= 0.6 is 0 Å². The predicted octanol–water partition coefficient (Wildman–Crippen LogP) is 3.79. The quantitative estimate of drug-likeness (QED) is 0.449. The van der Waals surface area contributed by atoms with E-state index in [1.807, 2.05) is 50.2 Å². The van der Waals surface area contributed by atoms with Crippen LogP contribution in [0.25, 0.3) is 11.1 Å². The van der Waals surface area contributed by atoms with Gasteiger partial charge in [-0.3, -0.25) is 9.59 Å². The zero-order valence-electron chi connectivity index (χ0n) is 20.6. The largest absolute Gasteiger partial charge is 0.481 e. The Hall–Kier alpha value is -3.39. The highest BCUT2D eigenvalue weighted by Gasteiger charge is 2.31. The molecule has 0 spiro atoms. The Labute approximate surface area is 206 Å². The molecule has 2 aromatic rings. The number of fused-ring (bicyclic) bond motifs is 3. The Morgan fingerprint density at radius 1 is 0.971 bits per heavy atom. The molecule has 188 valence electrons. The van der Waals surface area contributed by atoms with Crippen LogP contribution in [0.15, 0.2) is 48.5 Å². The molecule has 3 unspecified atom stereocenters. The van der Waals surface area contributed by atoms with Gasteiger partial charge in [0.1, 0.15) is 12.6 Å². The van der Waals surface area contributed by atoms with E-state index in [9.17, 15) is 14.4 Å². The molecule has 0 aromatic heterocycles. The molecule has 2 aromatic carbocycles.